The molecule has 0 radical (unpaired) electrons. The van der Waals surface area contributed by atoms with Gasteiger partial charge in [-0.1, -0.05) is 18.2 Å². The van der Waals surface area contributed by atoms with Gasteiger partial charge in [-0.25, -0.2) is 0 Å². The van der Waals surface area contributed by atoms with Gasteiger partial charge in [0.15, 0.2) is 0 Å². The van der Waals surface area contributed by atoms with E-state index >= 15 is 0 Å². The maximum atomic E-state index is 11.8. The van der Waals surface area contributed by atoms with Crippen molar-refractivity contribution in [3.8, 4) is 0 Å². The van der Waals surface area contributed by atoms with Gasteiger partial charge in [0.25, 0.3) is 0 Å². The molecular formula is C13H22N2O. The Morgan fingerprint density at radius 3 is 2.81 bits per heavy atom. The third kappa shape index (κ3) is 3.81. The van der Waals surface area contributed by atoms with Crippen LogP contribution in [0, 0.1) is 0 Å². The van der Waals surface area contributed by atoms with E-state index in [9.17, 15) is 4.79 Å². The van der Waals surface area contributed by atoms with Crippen LogP contribution in [-0.2, 0) is 4.79 Å². The lowest BCUT2D eigenvalue weighted by molar-refractivity contribution is -0.127. The lowest BCUT2D eigenvalue weighted by atomic mass is 10.1. The molecule has 0 aromatic carbocycles. The van der Waals surface area contributed by atoms with Crippen molar-refractivity contribution in [2.24, 2.45) is 0 Å². The van der Waals surface area contributed by atoms with E-state index in [0.29, 0.717) is 6.04 Å². The van der Waals surface area contributed by atoms with Crippen molar-refractivity contribution in [2.75, 3.05) is 27.2 Å². The summed E-state index contributed by atoms with van der Waals surface area (Å²) in [6.45, 7) is 4.07. The molecule has 0 aromatic rings. The summed E-state index contributed by atoms with van der Waals surface area (Å²) in [6, 6.07) is 0.363. The highest BCUT2D eigenvalue weighted by molar-refractivity contribution is 5.87. The molecule has 0 aliphatic carbocycles. The van der Waals surface area contributed by atoms with Gasteiger partial charge >= 0.3 is 0 Å². The molecule has 16 heavy (non-hydrogen) atoms. The molecule has 1 amide bonds. The van der Waals surface area contributed by atoms with Crippen molar-refractivity contribution in [2.45, 2.75) is 25.8 Å². The van der Waals surface area contributed by atoms with Crippen LogP contribution in [0.4, 0.5) is 0 Å². The third-order valence-corrected chi connectivity index (χ3v) is 3.04. The monoisotopic (exact) mass is 222 g/mol. The number of likely N-dealkylation sites (tertiary alicyclic amines) is 1. The molecule has 3 nitrogen and oxygen atoms in total. The van der Waals surface area contributed by atoms with Gasteiger partial charge in [0.2, 0.25) is 5.91 Å². The minimum absolute atomic E-state index is 0.0957. The highest BCUT2D eigenvalue weighted by atomic mass is 16.2. The Morgan fingerprint density at radius 2 is 2.19 bits per heavy atom. The zero-order valence-corrected chi connectivity index (χ0v) is 10.5. The first kappa shape index (κ1) is 13.0. The maximum absolute atomic E-state index is 11.8. The number of amides is 1. The first-order valence-corrected chi connectivity index (χ1v) is 5.90. The fourth-order valence-corrected chi connectivity index (χ4v) is 2.00. The maximum Gasteiger partial charge on any atom is 0.246 e. The average molecular weight is 222 g/mol. The minimum Gasteiger partial charge on any atom is -0.338 e. The van der Waals surface area contributed by atoms with Gasteiger partial charge in [-0.3, -0.25) is 4.79 Å². The number of allylic oxidation sites excluding steroid dienone is 3. The molecule has 1 atom stereocenters. The van der Waals surface area contributed by atoms with Crippen LogP contribution in [0.5, 0.6) is 0 Å². The lowest BCUT2D eigenvalue weighted by Crippen LogP contribution is -2.46. The quantitative estimate of drug-likeness (QED) is 0.536. The summed E-state index contributed by atoms with van der Waals surface area (Å²) >= 11 is 0. The zero-order valence-electron chi connectivity index (χ0n) is 10.5. The number of carbonyl (C=O) groups excluding carboxylic acids is 1. The summed E-state index contributed by atoms with van der Waals surface area (Å²) in [5, 5.41) is 0. The summed E-state index contributed by atoms with van der Waals surface area (Å²) < 4.78 is 0. The van der Waals surface area contributed by atoms with Crippen molar-refractivity contribution in [3.63, 3.8) is 0 Å². The molecule has 0 aromatic heterocycles. The summed E-state index contributed by atoms with van der Waals surface area (Å²) in [5.74, 6) is 0.0957. The smallest absolute Gasteiger partial charge is 0.246 e. The second-order valence-corrected chi connectivity index (χ2v) is 4.39. The van der Waals surface area contributed by atoms with Crippen LogP contribution in [0.3, 0.4) is 0 Å². The van der Waals surface area contributed by atoms with Gasteiger partial charge < -0.3 is 9.80 Å². The Labute approximate surface area is 98.4 Å². The Balaban J connectivity index is 2.49. The van der Waals surface area contributed by atoms with Crippen molar-refractivity contribution in [1.82, 2.24) is 9.80 Å². The van der Waals surface area contributed by atoms with E-state index in [1.54, 1.807) is 12.2 Å². The normalized spacial score (nSPS) is 23.1. The predicted octanol–water partition coefficient (Wildman–Crippen LogP) is 1.67. The van der Waals surface area contributed by atoms with E-state index in [0.717, 1.165) is 19.5 Å². The van der Waals surface area contributed by atoms with E-state index < -0.39 is 0 Å². The fraction of sp³-hybridized carbons (Fsp3) is 0.615. The molecule has 1 saturated heterocycles. The molecule has 3 heteroatoms. The molecule has 1 aliphatic rings. The molecule has 0 saturated carbocycles. The average Bonchev–Trinajstić information content (AvgIpc) is 2.28. The van der Waals surface area contributed by atoms with Crippen LogP contribution < -0.4 is 0 Å². The zero-order chi connectivity index (χ0) is 12.0. The number of likely N-dealkylation sites (N-methyl/N-ethyl adjacent to an activating group) is 2. The topological polar surface area (TPSA) is 23.6 Å². The summed E-state index contributed by atoms with van der Waals surface area (Å²) in [6.07, 6.45) is 9.51. The summed E-state index contributed by atoms with van der Waals surface area (Å²) in [5.41, 5.74) is 0. The minimum atomic E-state index is 0.0957. The molecule has 1 fully saturated rings. The predicted molar refractivity (Wildman–Crippen MR) is 67.2 cm³/mol. The van der Waals surface area contributed by atoms with Crippen LogP contribution in [0.15, 0.2) is 24.3 Å². The number of carbonyl (C=O) groups is 1. The summed E-state index contributed by atoms with van der Waals surface area (Å²) in [4.78, 5) is 16.0. The number of hydrogen-bond acceptors (Lipinski definition) is 2. The Bertz CT molecular complexity index is 284. The lowest BCUT2D eigenvalue weighted by Gasteiger charge is -2.35. The second kappa shape index (κ2) is 6.48. The first-order valence-electron chi connectivity index (χ1n) is 5.90. The van der Waals surface area contributed by atoms with Crippen LogP contribution in [0.25, 0.3) is 0 Å². The van der Waals surface area contributed by atoms with Gasteiger partial charge in [-0.05, 0) is 33.4 Å². The van der Waals surface area contributed by atoms with Crippen molar-refractivity contribution in [1.29, 1.82) is 0 Å². The van der Waals surface area contributed by atoms with Crippen molar-refractivity contribution < 1.29 is 4.79 Å². The molecule has 1 aliphatic heterocycles. The molecule has 90 valence electrons. The number of hydrogen-bond donors (Lipinski definition) is 0. The molecule has 0 unspecified atom stereocenters. The van der Waals surface area contributed by atoms with Crippen LogP contribution in [0.2, 0.25) is 0 Å². The first-order chi connectivity index (χ1) is 7.65. The largest absolute Gasteiger partial charge is 0.338 e. The SMILES string of the molecule is C/C=C/C=C/C(=O)N(C)[C@H]1CCCN(C)C1. The number of nitrogens with zero attached hydrogens (tertiary/aromatic N) is 2. The molecule has 1 rings (SSSR count). The highest BCUT2D eigenvalue weighted by Gasteiger charge is 2.22. The molecule has 0 bridgehead atoms. The van der Waals surface area contributed by atoms with Gasteiger partial charge in [0, 0.05) is 25.7 Å². The fourth-order valence-electron chi connectivity index (χ4n) is 2.00. The molecular weight excluding hydrogens is 200 g/mol. The third-order valence-electron chi connectivity index (χ3n) is 3.04. The van der Waals surface area contributed by atoms with E-state index in [1.165, 1.54) is 6.42 Å². The van der Waals surface area contributed by atoms with E-state index in [2.05, 4.69) is 11.9 Å². The number of piperidine rings is 1. The van der Waals surface area contributed by atoms with Gasteiger partial charge in [-0.15, -0.1) is 0 Å². The Hall–Kier alpha value is -1.09. The summed E-state index contributed by atoms with van der Waals surface area (Å²) in [7, 11) is 4.01. The van der Waals surface area contributed by atoms with Crippen molar-refractivity contribution >= 4 is 5.91 Å². The molecule has 1 heterocycles. The van der Waals surface area contributed by atoms with Gasteiger partial charge in [0.1, 0.15) is 0 Å². The van der Waals surface area contributed by atoms with Crippen LogP contribution >= 0.6 is 0 Å². The molecule has 0 N–H and O–H groups in total. The Kier molecular flexibility index (Phi) is 5.26. The Morgan fingerprint density at radius 1 is 1.44 bits per heavy atom. The van der Waals surface area contributed by atoms with Gasteiger partial charge in [-0.2, -0.15) is 0 Å². The second-order valence-electron chi connectivity index (χ2n) is 4.39. The highest BCUT2D eigenvalue weighted by Crippen LogP contribution is 2.13. The van der Waals surface area contributed by atoms with Crippen LogP contribution in [0.1, 0.15) is 19.8 Å². The van der Waals surface area contributed by atoms with E-state index in [-0.39, 0.29) is 5.91 Å². The van der Waals surface area contributed by atoms with E-state index in [1.807, 2.05) is 31.0 Å². The van der Waals surface area contributed by atoms with Gasteiger partial charge in [0.05, 0.1) is 0 Å². The van der Waals surface area contributed by atoms with Crippen molar-refractivity contribution in [3.05, 3.63) is 24.3 Å². The van der Waals surface area contributed by atoms with E-state index in [4.69, 9.17) is 0 Å². The molecule has 0 spiro atoms. The number of rotatable bonds is 3. The van der Waals surface area contributed by atoms with Crippen LogP contribution in [-0.4, -0.2) is 48.9 Å². The standard InChI is InChI=1S/C13H22N2O/c1-4-5-6-9-13(16)15(3)12-8-7-10-14(2)11-12/h4-6,9,12H,7-8,10-11H2,1-3H3/b5-4+,9-6+/t12-/m0/s1.